The highest BCUT2D eigenvalue weighted by Gasteiger charge is 2.52. The first-order valence-corrected chi connectivity index (χ1v) is 9.46. The highest BCUT2D eigenvalue weighted by atomic mass is 19.1. The maximum absolute atomic E-state index is 13.8. The van der Waals surface area contributed by atoms with Gasteiger partial charge in [-0.1, -0.05) is 51.1 Å². The van der Waals surface area contributed by atoms with E-state index < -0.39 is 0 Å². The van der Waals surface area contributed by atoms with Crippen LogP contribution in [0.3, 0.4) is 0 Å². The highest BCUT2D eigenvalue weighted by molar-refractivity contribution is 5.38. The van der Waals surface area contributed by atoms with E-state index in [2.05, 4.69) is 51.2 Å². The van der Waals surface area contributed by atoms with Gasteiger partial charge in [0.15, 0.2) is 0 Å². The van der Waals surface area contributed by atoms with Gasteiger partial charge in [-0.15, -0.1) is 0 Å². The fourth-order valence-corrected chi connectivity index (χ4v) is 4.42. The van der Waals surface area contributed by atoms with Crippen molar-refractivity contribution in [1.29, 1.82) is 0 Å². The Hall–Kier alpha value is -1.49. The van der Waals surface area contributed by atoms with Crippen molar-refractivity contribution in [2.45, 2.75) is 51.5 Å². The summed E-state index contributed by atoms with van der Waals surface area (Å²) in [5.74, 6) is -0.0456. The molecular weight excluding hydrogens is 329 g/mol. The Kier molecular flexibility index (Phi) is 4.33. The second kappa shape index (κ2) is 6.29. The van der Waals surface area contributed by atoms with Gasteiger partial charge in [-0.3, -0.25) is 5.32 Å². The number of allylic oxidation sites excluding steroid dienone is 2. The SMILES string of the molecule is CC(C)(C)C1=CC2C3OCCOC3C(c3cccc(F)c3)NC2(C)C=C1. The van der Waals surface area contributed by atoms with Gasteiger partial charge < -0.3 is 9.47 Å². The van der Waals surface area contributed by atoms with E-state index in [1.165, 1.54) is 11.6 Å². The van der Waals surface area contributed by atoms with Crippen LogP contribution in [0.5, 0.6) is 0 Å². The monoisotopic (exact) mass is 357 g/mol. The van der Waals surface area contributed by atoms with Crippen LogP contribution in [0.15, 0.2) is 48.1 Å². The number of fused-ring (bicyclic) bond motifs is 3. The van der Waals surface area contributed by atoms with E-state index in [1.807, 2.05) is 6.07 Å². The Balaban J connectivity index is 1.74. The molecule has 4 heteroatoms. The summed E-state index contributed by atoms with van der Waals surface area (Å²) in [6.07, 6.45) is 6.63. The Labute approximate surface area is 155 Å². The van der Waals surface area contributed by atoms with E-state index in [9.17, 15) is 4.39 Å². The first-order valence-electron chi connectivity index (χ1n) is 9.46. The van der Waals surface area contributed by atoms with Crippen LogP contribution in [-0.4, -0.2) is 31.0 Å². The number of piperidine rings is 1. The Morgan fingerprint density at radius 1 is 1.15 bits per heavy atom. The zero-order chi connectivity index (χ0) is 18.5. The van der Waals surface area contributed by atoms with Crippen LogP contribution < -0.4 is 5.32 Å². The van der Waals surface area contributed by atoms with Gasteiger partial charge in [0.1, 0.15) is 11.9 Å². The van der Waals surface area contributed by atoms with Gasteiger partial charge in [-0.05, 0) is 35.6 Å². The third-order valence-electron chi connectivity index (χ3n) is 5.91. The molecule has 2 saturated heterocycles. The second-order valence-corrected chi connectivity index (χ2v) is 8.86. The number of hydrogen-bond acceptors (Lipinski definition) is 3. The van der Waals surface area contributed by atoms with Crippen LogP contribution in [0, 0.1) is 17.2 Å². The molecule has 0 amide bonds. The van der Waals surface area contributed by atoms with Crippen molar-refractivity contribution < 1.29 is 13.9 Å². The first kappa shape index (κ1) is 17.9. The quantitative estimate of drug-likeness (QED) is 0.818. The molecular formula is C22H28FNO2. The van der Waals surface area contributed by atoms with Crippen LogP contribution in [0.25, 0.3) is 0 Å². The molecule has 140 valence electrons. The molecule has 0 aromatic heterocycles. The summed E-state index contributed by atoms with van der Waals surface area (Å²) >= 11 is 0. The number of benzene rings is 1. The molecule has 1 aromatic rings. The molecule has 0 bridgehead atoms. The molecule has 3 nitrogen and oxygen atoms in total. The van der Waals surface area contributed by atoms with E-state index >= 15 is 0 Å². The molecule has 0 spiro atoms. The number of halogens is 1. The van der Waals surface area contributed by atoms with Gasteiger partial charge in [0, 0.05) is 11.5 Å². The lowest BCUT2D eigenvalue weighted by Crippen LogP contribution is -2.66. The van der Waals surface area contributed by atoms with Crippen molar-refractivity contribution in [1.82, 2.24) is 5.32 Å². The Morgan fingerprint density at radius 2 is 1.88 bits per heavy atom. The van der Waals surface area contributed by atoms with Crippen LogP contribution in [0.4, 0.5) is 4.39 Å². The maximum Gasteiger partial charge on any atom is 0.123 e. The zero-order valence-electron chi connectivity index (χ0n) is 16.0. The molecule has 2 aliphatic heterocycles. The minimum absolute atomic E-state index is 0.0504. The van der Waals surface area contributed by atoms with Crippen LogP contribution in [-0.2, 0) is 9.47 Å². The largest absolute Gasteiger partial charge is 0.372 e. The third-order valence-corrected chi connectivity index (χ3v) is 5.91. The predicted molar refractivity (Wildman–Crippen MR) is 100 cm³/mol. The van der Waals surface area contributed by atoms with Crippen molar-refractivity contribution in [3.05, 3.63) is 59.4 Å². The van der Waals surface area contributed by atoms with Crippen molar-refractivity contribution in [2.75, 3.05) is 13.2 Å². The number of hydrogen-bond donors (Lipinski definition) is 1. The van der Waals surface area contributed by atoms with Crippen molar-refractivity contribution in [2.24, 2.45) is 11.3 Å². The molecule has 5 unspecified atom stereocenters. The van der Waals surface area contributed by atoms with Gasteiger partial charge in [0.25, 0.3) is 0 Å². The lowest BCUT2D eigenvalue weighted by atomic mass is 9.67. The summed E-state index contributed by atoms with van der Waals surface area (Å²) in [6.45, 7) is 10.1. The van der Waals surface area contributed by atoms with Gasteiger partial charge in [-0.25, -0.2) is 4.39 Å². The van der Waals surface area contributed by atoms with Crippen molar-refractivity contribution in [3.8, 4) is 0 Å². The molecule has 3 aliphatic rings. The molecule has 5 atom stereocenters. The fraction of sp³-hybridized carbons (Fsp3) is 0.545. The normalized spacial score (nSPS) is 36.9. The number of rotatable bonds is 1. The fourth-order valence-electron chi connectivity index (χ4n) is 4.42. The molecule has 2 fully saturated rings. The van der Waals surface area contributed by atoms with E-state index in [4.69, 9.17) is 9.47 Å². The summed E-state index contributed by atoms with van der Waals surface area (Å²) in [5, 5.41) is 3.74. The summed E-state index contributed by atoms with van der Waals surface area (Å²) in [7, 11) is 0. The minimum Gasteiger partial charge on any atom is -0.372 e. The maximum atomic E-state index is 13.8. The van der Waals surface area contributed by atoms with Gasteiger partial charge in [0.2, 0.25) is 0 Å². The smallest absolute Gasteiger partial charge is 0.123 e. The molecule has 1 aromatic carbocycles. The number of ether oxygens (including phenoxy) is 2. The average Bonchev–Trinajstić information content (AvgIpc) is 2.59. The van der Waals surface area contributed by atoms with Crippen LogP contribution in [0.2, 0.25) is 0 Å². The van der Waals surface area contributed by atoms with Crippen LogP contribution in [0.1, 0.15) is 39.3 Å². The standard InChI is InChI=1S/C22H28FNO2/c1-21(2,3)15-8-9-22(4)17(13-15)19-20(26-11-10-25-19)18(24-22)14-6-5-7-16(23)12-14/h5-9,12-13,17-20,24H,10-11H2,1-4H3. The van der Waals surface area contributed by atoms with Gasteiger partial charge >= 0.3 is 0 Å². The minimum atomic E-state index is -0.256. The average molecular weight is 357 g/mol. The summed E-state index contributed by atoms with van der Waals surface area (Å²) in [5.41, 5.74) is 2.05. The lowest BCUT2D eigenvalue weighted by Gasteiger charge is -2.54. The summed E-state index contributed by atoms with van der Waals surface area (Å²) in [6, 6.07) is 6.69. The predicted octanol–water partition coefficient (Wildman–Crippen LogP) is 4.17. The first-order chi connectivity index (χ1) is 12.3. The van der Waals surface area contributed by atoms with E-state index in [0.29, 0.717) is 13.2 Å². The lowest BCUT2D eigenvalue weighted by molar-refractivity contribution is -0.190. The van der Waals surface area contributed by atoms with Gasteiger partial charge in [-0.2, -0.15) is 0 Å². The molecule has 0 radical (unpaired) electrons. The Morgan fingerprint density at radius 3 is 2.58 bits per heavy atom. The molecule has 26 heavy (non-hydrogen) atoms. The molecule has 1 aliphatic carbocycles. The van der Waals surface area contributed by atoms with Crippen LogP contribution >= 0.6 is 0 Å². The Bertz CT molecular complexity index is 751. The van der Waals surface area contributed by atoms with Crippen molar-refractivity contribution in [3.63, 3.8) is 0 Å². The van der Waals surface area contributed by atoms with E-state index in [0.717, 1.165) is 5.56 Å². The van der Waals surface area contributed by atoms with Gasteiger partial charge in [0.05, 0.1) is 25.4 Å². The number of nitrogens with one attached hydrogen (secondary N) is 1. The van der Waals surface area contributed by atoms with E-state index in [1.54, 1.807) is 12.1 Å². The summed E-state index contributed by atoms with van der Waals surface area (Å²) < 4.78 is 26.2. The van der Waals surface area contributed by atoms with E-state index in [-0.39, 0.29) is 40.9 Å². The highest BCUT2D eigenvalue weighted by Crippen LogP contribution is 2.45. The molecule has 0 saturated carbocycles. The van der Waals surface area contributed by atoms with Crippen molar-refractivity contribution >= 4 is 0 Å². The molecule has 4 rings (SSSR count). The zero-order valence-corrected chi connectivity index (χ0v) is 16.0. The second-order valence-electron chi connectivity index (χ2n) is 8.86. The summed E-state index contributed by atoms with van der Waals surface area (Å²) in [4.78, 5) is 0. The topological polar surface area (TPSA) is 30.5 Å². The third kappa shape index (κ3) is 3.04. The molecule has 2 heterocycles. The molecule has 1 N–H and O–H groups in total.